The van der Waals surface area contributed by atoms with Crippen molar-refractivity contribution in [1.29, 1.82) is 0 Å². The van der Waals surface area contributed by atoms with E-state index in [1.807, 2.05) is 18.7 Å². The van der Waals surface area contributed by atoms with Gasteiger partial charge >= 0.3 is 0 Å². The molecule has 0 radical (unpaired) electrons. The number of rotatable bonds is 6. The molecule has 1 aromatic carbocycles. The molecular formula is C17H24ClN3. The summed E-state index contributed by atoms with van der Waals surface area (Å²) < 4.78 is 2.01. The molecule has 114 valence electrons. The standard InChI is InChI=1S/C17H24ClN3/c1-5-21-16(17(18)13(3)20-21)11-15(19-4)10-14-8-6-12(2)7-9-14/h6-9,15,19H,5,10-11H2,1-4H3. The Balaban J connectivity index is 2.14. The van der Waals surface area contributed by atoms with Crippen molar-refractivity contribution in [1.82, 2.24) is 15.1 Å². The fourth-order valence-corrected chi connectivity index (χ4v) is 2.79. The molecular weight excluding hydrogens is 282 g/mol. The van der Waals surface area contributed by atoms with Crippen LogP contribution in [-0.2, 0) is 19.4 Å². The number of nitrogens with one attached hydrogen (secondary N) is 1. The second-order valence-corrected chi connectivity index (χ2v) is 5.92. The van der Waals surface area contributed by atoms with E-state index in [0.29, 0.717) is 6.04 Å². The first-order valence-electron chi connectivity index (χ1n) is 7.49. The lowest BCUT2D eigenvalue weighted by atomic mass is 10.0. The largest absolute Gasteiger partial charge is 0.316 e. The van der Waals surface area contributed by atoms with Crippen LogP contribution < -0.4 is 5.32 Å². The summed E-state index contributed by atoms with van der Waals surface area (Å²) in [6, 6.07) is 9.07. The highest BCUT2D eigenvalue weighted by atomic mass is 35.5. The average molecular weight is 306 g/mol. The fraction of sp³-hybridized carbons (Fsp3) is 0.471. The van der Waals surface area contributed by atoms with Crippen molar-refractivity contribution in [3.8, 4) is 0 Å². The van der Waals surface area contributed by atoms with Gasteiger partial charge in [-0.15, -0.1) is 0 Å². The minimum Gasteiger partial charge on any atom is -0.316 e. The van der Waals surface area contributed by atoms with Crippen LogP contribution >= 0.6 is 11.6 Å². The first-order chi connectivity index (χ1) is 10.0. The van der Waals surface area contributed by atoms with Crippen molar-refractivity contribution in [2.45, 2.75) is 46.2 Å². The van der Waals surface area contributed by atoms with Gasteiger partial charge in [-0.25, -0.2) is 0 Å². The van der Waals surface area contributed by atoms with Crippen LogP contribution in [0.2, 0.25) is 5.02 Å². The number of hydrogen-bond acceptors (Lipinski definition) is 2. The number of likely N-dealkylation sites (N-methyl/N-ethyl adjacent to an activating group) is 1. The fourth-order valence-electron chi connectivity index (χ4n) is 2.58. The smallest absolute Gasteiger partial charge is 0.0847 e. The summed E-state index contributed by atoms with van der Waals surface area (Å²) in [5.41, 5.74) is 4.68. The molecule has 0 aliphatic carbocycles. The normalized spacial score (nSPS) is 12.6. The molecule has 1 heterocycles. The van der Waals surface area contributed by atoms with Crippen LogP contribution in [0, 0.1) is 13.8 Å². The third-order valence-electron chi connectivity index (χ3n) is 3.90. The molecule has 0 fully saturated rings. The summed E-state index contributed by atoms with van der Waals surface area (Å²) in [5.74, 6) is 0. The minimum atomic E-state index is 0.353. The number of hydrogen-bond donors (Lipinski definition) is 1. The maximum Gasteiger partial charge on any atom is 0.0847 e. The molecule has 4 heteroatoms. The summed E-state index contributed by atoms with van der Waals surface area (Å²) in [7, 11) is 2.01. The van der Waals surface area contributed by atoms with Gasteiger partial charge in [0, 0.05) is 19.0 Å². The molecule has 1 N–H and O–H groups in total. The molecule has 0 bridgehead atoms. The van der Waals surface area contributed by atoms with Crippen LogP contribution in [0.3, 0.4) is 0 Å². The van der Waals surface area contributed by atoms with Crippen molar-refractivity contribution >= 4 is 11.6 Å². The molecule has 0 aliphatic heterocycles. The van der Waals surface area contributed by atoms with Gasteiger partial charge in [-0.05, 0) is 39.8 Å². The Hall–Kier alpha value is -1.32. The minimum absolute atomic E-state index is 0.353. The highest BCUT2D eigenvalue weighted by molar-refractivity contribution is 6.31. The Morgan fingerprint density at radius 1 is 1.19 bits per heavy atom. The number of aromatic nitrogens is 2. The summed E-state index contributed by atoms with van der Waals surface area (Å²) in [6.07, 6.45) is 1.87. The zero-order valence-electron chi connectivity index (χ0n) is 13.3. The highest BCUT2D eigenvalue weighted by Crippen LogP contribution is 2.22. The zero-order chi connectivity index (χ0) is 15.4. The van der Waals surface area contributed by atoms with Crippen LogP contribution in [0.25, 0.3) is 0 Å². The molecule has 1 unspecified atom stereocenters. The third kappa shape index (κ3) is 3.86. The van der Waals surface area contributed by atoms with Crippen LogP contribution in [0.5, 0.6) is 0 Å². The molecule has 0 saturated carbocycles. The van der Waals surface area contributed by atoms with Gasteiger partial charge in [0.2, 0.25) is 0 Å². The van der Waals surface area contributed by atoms with E-state index in [1.54, 1.807) is 0 Å². The van der Waals surface area contributed by atoms with E-state index < -0.39 is 0 Å². The monoisotopic (exact) mass is 305 g/mol. The number of nitrogens with zero attached hydrogens (tertiary/aromatic N) is 2. The predicted molar refractivity (Wildman–Crippen MR) is 89.1 cm³/mol. The number of halogens is 1. The van der Waals surface area contributed by atoms with E-state index in [1.165, 1.54) is 11.1 Å². The maximum absolute atomic E-state index is 6.41. The Labute approximate surface area is 132 Å². The third-order valence-corrected chi connectivity index (χ3v) is 4.40. The van der Waals surface area contributed by atoms with Crippen LogP contribution in [0.4, 0.5) is 0 Å². The van der Waals surface area contributed by atoms with Gasteiger partial charge in [0.15, 0.2) is 0 Å². The molecule has 3 nitrogen and oxygen atoms in total. The lowest BCUT2D eigenvalue weighted by molar-refractivity contribution is 0.520. The second-order valence-electron chi connectivity index (χ2n) is 5.54. The Kier molecular flexibility index (Phi) is 5.43. The molecule has 21 heavy (non-hydrogen) atoms. The summed E-state index contributed by atoms with van der Waals surface area (Å²) >= 11 is 6.41. The van der Waals surface area contributed by atoms with Gasteiger partial charge in [-0.3, -0.25) is 4.68 Å². The van der Waals surface area contributed by atoms with Gasteiger partial charge in [0.1, 0.15) is 0 Å². The average Bonchev–Trinajstić information content (AvgIpc) is 2.76. The van der Waals surface area contributed by atoms with Crippen molar-refractivity contribution in [3.05, 3.63) is 51.8 Å². The molecule has 0 spiro atoms. The zero-order valence-corrected chi connectivity index (χ0v) is 14.0. The molecule has 0 amide bonds. The number of aryl methyl sites for hydroxylation is 3. The van der Waals surface area contributed by atoms with E-state index >= 15 is 0 Å². The highest BCUT2D eigenvalue weighted by Gasteiger charge is 2.17. The maximum atomic E-state index is 6.41. The van der Waals surface area contributed by atoms with Crippen molar-refractivity contribution in [2.24, 2.45) is 0 Å². The lowest BCUT2D eigenvalue weighted by Crippen LogP contribution is -2.31. The second kappa shape index (κ2) is 7.10. The van der Waals surface area contributed by atoms with Gasteiger partial charge in [-0.1, -0.05) is 41.4 Å². The Morgan fingerprint density at radius 2 is 1.86 bits per heavy atom. The summed E-state index contributed by atoms with van der Waals surface area (Å²) in [5, 5.41) is 8.70. The molecule has 0 aliphatic rings. The van der Waals surface area contributed by atoms with Crippen LogP contribution in [-0.4, -0.2) is 22.9 Å². The predicted octanol–water partition coefficient (Wildman–Crippen LogP) is 3.55. The van der Waals surface area contributed by atoms with Crippen LogP contribution in [0.15, 0.2) is 24.3 Å². The van der Waals surface area contributed by atoms with Gasteiger partial charge in [0.25, 0.3) is 0 Å². The number of benzene rings is 1. The van der Waals surface area contributed by atoms with Gasteiger partial charge in [-0.2, -0.15) is 5.10 Å². The molecule has 0 saturated heterocycles. The summed E-state index contributed by atoms with van der Waals surface area (Å²) in [6.45, 7) is 7.03. The quantitative estimate of drug-likeness (QED) is 0.884. The first kappa shape index (κ1) is 16.1. The van der Waals surface area contributed by atoms with E-state index in [2.05, 4.69) is 48.5 Å². The van der Waals surface area contributed by atoms with Crippen molar-refractivity contribution in [3.63, 3.8) is 0 Å². The van der Waals surface area contributed by atoms with Crippen molar-refractivity contribution < 1.29 is 0 Å². The topological polar surface area (TPSA) is 29.9 Å². The SMILES string of the molecule is CCn1nc(C)c(Cl)c1CC(Cc1ccc(C)cc1)NC. The molecule has 2 aromatic rings. The lowest BCUT2D eigenvalue weighted by Gasteiger charge is -2.17. The Bertz CT molecular complexity index is 587. The van der Waals surface area contributed by atoms with Gasteiger partial charge < -0.3 is 5.32 Å². The van der Waals surface area contributed by atoms with Crippen LogP contribution in [0.1, 0.15) is 29.4 Å². The van der Waals surface area contributed by atoms with Gasteiger partial charge in [0.05, 0.1) is 16.4 Å². The van der Waals surface area contributed by atoms with E-state index in [-0.39, 0.29) is 0 Å². The molecule has 1 aromatic heterocycles. The van der Waals surface area contributed by atoms with E-state index in [9.17, 15) is 0 Å². The van der Waals surface area contributed by atoms with Crippen molar-refractivity contribution in [2.75, 3.05) is 7.05 Å². The van der Waals surface area contributed by atoms with E-state index in [0.717, 1.165) is 35.8 Å². The summed E-state index contributed by atoms with van der Waals surface area (Å²) in [4.78, 5) is 0. The Morgan fingerprint density at radius 3 is 2.43 bits per heavy atom. The van der Waals surface area contributed by atoms with E-state index in [4.69, 9.17) is 11.6 Å². The molecule has 1 atom stereocenters. The molecule has 2 rings (SSSR count). The first-order valence-corrected chi connectivity index (χ1v) is 7.87.